The van der Waals surface area contributed by atoms with Gasteiger partial charge in [-0.25, -0.2) is 0 Å². The Hall–Kier alpha value is -1.04. The van der Waals surface area contributed by atoms with Crippen LogP contribution in [0, 0.1) is 6.08 Å². The molecule has 0 aromatic heterocycles. The van der Waals surface area contributed by atoms with Crippen LogP contribution in [0.25, 0.3) is 0 Å². The maximum Gasteiger partial charge on any atom is -0.00944 e. The summed E-state index contributed by atoms with van der Waals surface area (Å²) in [6, 6.07) is 0. The first-order valence-electron chi connectivity index (χ1n) is 4.58. The fourth-order valence-corrected chi connectivity index (χ4v) is 1.59. The molecule has 2 aliphatic rings. The predicted molar refractivity (Wildman–Crippen MR) is 51.6 cm³/mol. The van der Waals surface area contributed by atoms with Gasteiger partial charge in [-0.3, -0.25) is 0 Å². The van der Waals surface area contributed by atoms with Crippen molar-refractivity contribution in [1.82, 2.24) is 0 Å². The first-order valence-corrected chi connectivity index (χ1v) is 4.58. The van der Waals surface area contributed by atoms with E-state index >= 15 is 0 Å². The fraction of sp³-hybridized carbons (Fsp3) is 0.333. The second-order valence-corrected chi connectivity index (χ2v) is 3.17. The Labute approximate surface area is 74.0 Å². The molecule has 0 unspecified atom stereocenters. The molecule has 0 N–H and O–H groups in total. The summed E-state index contributed by atoms with van der Waals surface area (Å²) in [5.74, 6) is 0. The van der Waals surface area contributed by atoms with Crippen molar-refractivity contribution < 1.29 is 0 Å². The summed E-state index contributed by atoms with van der Waals surface area (Å²) in [4.78, 5) is 0. The van der Waals surface area contributed by atoms with Gasteiger partial charge in [-0.05, 0) is 42.9 Å². The molecule has 0 aromatic rings. The van der Waals surface area contributed by atoms with Gasteiger partial charge >= 0.3 is 0 Å². The van der Waals surface area contributed by atoms with Crippen LogP contribution in [0.15, 0.2) is 41.5 Å². The zero-order valence-corrected chi connectivity index (χ0v) is 7.22. The lowest BCUT2D eigenvalue weighted by molar-refractivity contribution is 0.980. The lowest BCUT2D eigenvalue weighted by Gasteiger charge is -2.11. The molecular weight excluding hydrogens is 144 g/mol. The van der Waals surface area contributed by atoms with Crippen LogP contribution < -0.4 is 0 Å². The summed E-state index contributed by atoms with van der Waals surface area (Å²) in [5.41, 5.74) is 2.78. The molecule has 0 atom stereocenters. The van der Waals surface area contributed by atoms with Crippen molar-refractivity contribution in [2.75, 3.05) is 0 Å². The van der Waals surface area contributed by atoms with E-state index < -0.39 is 0 Å². The lowest BCUT2D eigenvalue weighted by atomic mass is 9.94. The maximum atomic E-state index is 3.42. The highest BCUT2D eigenvalue weighted by molar-refractivity contribution is 5.41. The zero-order valence-electron chi connectivity index (χ0n) is 7.22. The van der Waals surface area contributed by atoms with Crippen LogP contribution in [0.2, 0.25) is 0 Å². The molecular formula is C12H13. The van der Waals surface area contributed by atoms with Gasteiger partial charge in [0, 0.05) is 0 Å². The summed E-state index contributed by atoms with van der Waals surface area (Å²) in [7, 11) is 0. The van der Waals surface area contributed by atoms with Crippen LogP contribution in [-0.2, 0) is 0 Å². The molecule has 0 heteroatoms. The largest absolute Gasteiger partial charge is 0.0844 e. The zero-order chi connectivity index (χ0) is 8.23. The maximum absolute atomic E-state index is 3.42. The Balaban J connectivity index is 2.13. The van der Waals surface area contributed by atoms with E-state index in [0.29, 0.717) is 0 Å². The Kier molecular flexibility index (Phi) is 2.26. The fourth-order valence-electron chi connectivity index (χ4n) is 1.59. The molecule has 2 aliphatic carbocycles. The third-order valence-electron chi connectivity index (χ3n) is 2.26. The summed E-state index contributed by atoms with van der Waals surface area (Å²) in [6.45, 7) is 0. The SMILES string of the molecule is [C]1=C(C2=CCC=CC2)C=CCC1. The van der Waals surface area contributed by atoms with E-state index in [0.717, 1.165) is 25.7 Å². The molecule has 0 heterocycles. The number of allylic oxidation sites excluding steroid dienone is 8. The van der Waals surface area contributed by atoms with E-state index in [4.69, 9.17) is 0 Å². The van der Waals surface area contributed by atoms with Crippen LogP contribution in [-0.4, -0.2) is 0 Å². The quantitative estimate of drug-likeness (QED) is 0.512. The topological polar surface area (TPSA) is 0 Å². The van der Waals surface area contributed by atoms with Gasteiger partial charge in [0.05, 0.1) is 0 Å². The van der Waals surface area contributed by atoms with E-state index in [2.05, 4.69) is 36.5 Å². The van der Waals surface area contributed by atoms with Gasteiger partial charge in [0.1, 0.15) is 0 Å². The van der Waals surface area contributed by atoms with Gasteiger partial charge in [0.15, 0.2) is 0 Å². The lowest BCUT2D eigenvalue weighted by Crippen LogP contribution is -1.92. The van der Waals surface area contributed by atoms with Crippen LogP contribution in [0.5, 0.6) is 0 Å². The van der Waals surface area contributed by atoms with Crippen LogP contribution in [0.4, 0.5) is 0 Å². The van der Waals surface area contributed by atoms with Crippen molar-refractivity contribution in [2.24, 2.45) is 0 Å². The third-order valence-corrected chi connectivity index (χ3v) is 2.26. The minimum absolute atomic E-state index is 1.09. The van der Waals surface area contributed by atoms with Crippen LogP contribution >= 0.6 is 0 Å². The second kappa shape index (κ2) is 3.57. The van der Waals surface area contributed by atoms with Crippen molar-refractivity contribution in [3.63, 3.8) is 0 Å². The van der Waals surface area contributed by atoms with E-state index in [1.54, 1.807) is 0 Å². The molecule has 0 aromatic carbocycles. The Bertz CT molecular complexity index is 274. The molecule has 0 fully saturated rings. The number of hydrogen-bond acceptors (Lipinski definition) is 0. The first kappa shape index (κ1) is 7.60. The average molecular weight is 157 g/mol. The van der Waals surface area contributed by atoms with Gasteiger partial charge in [-0.2, -0.15) is 0 Å². The summed E-state index contributed by atoms with van der Waals surface area (Å²) < 4.78 is 0. The number of rotatable bonds is 1. The van der Waals surface area contributed by atoms with Gasteiger partial charge in [0.2, 0.25) is 0 Å². The Morgan fingerprint density at radius 3 is 2.83 bits per heavy atom. The molecule has 0 nitrogen and oxygen atoms in total. The molecule has 1 radical (unpaired) electrons. The van der Waals surface area contributed by atoms with Gasteiger partial charge in [-0.15, -0.1) is 0 Å². The standard InChI is InChI=1S/C12H13/c1-3-7-11(8-4-1)12-9-5-2-6-10-12/h1,3,5,8-9H,2,4,6-7H2. The first-order chi connectivity index (χ1) is 5.97. The molecule has 0 bridgehead atoms. The Morgan fingerprint density at radius 2 is 2.17 bits per heavy atom. The van der Waals surface area contributed by atoms with Crippen LogP contribution in [0.1, 0.15) is 25.7 Å². The molecule has 61 valence electrons. The minimum Gasteiger partial charge on any atom is -0.0844 e. The second-order valence-electron chi connectivity index (χ2n) is 3.17. The highest BCUT2D eigenvalue weighted by Crippen LogP contribution is 2.23. The van der Waals surface area contributed by atoms with Crippen molar-refractivity contribution in [2.45, 2.75) is 25.7 Å². The minimum atomic E-state index is 1.09. The molecule has 0 spiro atoms. The monoisotopic (exact) mass is 157 g/mol. The van der Waals surface area contributed by atoms with Gasteiger partial charge in [0.25, 0.3) is 0 Å². The Morgan fingerprint density at radius 1 is 1.17 bits per heavy atom. The summed E-state index contributed by atoms with van der Waals surface area (Å²) in [5, 5.41) is 0. The van der Waals surface area contributed by atoms with Crippen molar-refractivity contribution in [3.05, 3.63) is 47.6 Å². The van der Waals surface area contributed by atoms with Crippen molar-refractivity contribution in [3.8, 4) is 0 Å². The van der Waals surface area contributed by atoms with E-state index in [9.17, 15) is 0 Å². The van der Waals surface area contributed by atoms with Gasteiger partial charge in [-0.1, -0.05) is 30.4 Å². The van der Waals surface area contributed by atoms with E-state index in [-0.39, 0.29) is 0 Å². The third kappa shape index (κ3) is 1.58. The molecule has 2 rings (SSSR count). The molecule has 0 saturated carbocycles. The van der Waals surface area contributed by atoms with Crippen molar-refractivity contribution in [1.29, 1.82) is 0 Å². The molecule has 0 amide bonds. The van der Waals surface area contributed by atoms with E-state index in [1.165, 1.54) is 11.1 Å². The van der Waals surface area contributed by atoms with Gasteiger partial charge < -0.3 is 0 Å². The highest BCUT2D eigenvalue weighted by Gasteiger charge is 2.04. The normalized spacial score (nSPS) is 22.0. The number of hydrogen-bond donors (Lipinski definition) is 0. The summed E-state index contributed by atoms with van der Waals surface area (Å²) in [6.07, 6.45) is 19.1. The van der Waals surface area contributed by atoms with Crippen molar-refractivity contribution >= 4 is 0 Å². The average Bonchev–Trinajstić information content (AvgIpc) is 2.21. The predicted octanol–water partition coefficient (Wildman–Crippen LogP) is 3.34. The van der Waals surface area contributed by atoms with E-state index in [1.807, 2.05) is 0 Å². The highest BCUT2D eigenvalue weighted by atomic mass is 14.1. The molecule has 0 saturated heterocycles. The molecule has 12 heavy (non-hydrogen) atoms. The van der Waals surface area contributed by atoms with Crippen LogP contribution in [0.3, 0.4) is 0 Å². The molecule has 0 aliphatic heterocycles. The summed E-state index contributed by atoms with van der Waals surface area (Å²) >= 11 is 0. The smallest absolute Gasteiger partial charge is 0.00944 e.